The summed E-state index contributed by atoms with van der Waals surface area (Å²) < 4.78 is 40.7. The van der Waals surface area contributed by atoms with Gasteiger partial charge in [0.1, 0.15) is 5.82 Å². The van der Waals surface area contributed by atoms with Gasteiger partial charge in [-0.2, -0.15) is 0 Å². The molecule has 1 saturated heterocycles. The van der Waals surface area contributed by atoms with E-state index in [1.807, 2.05) is 7.05 Å². The monoisotopic (exact) mass is 405 g/mol. The van der Waals surface area contributed by atoms with Crippen molar-refractivity contribution in [2.45, 2.75) is 23.8 Å². The summed E-state index contributed by atoms with van der Waals surface area (Å²) in [5.74, 6) is -0.940. The predicted octanol–water partition coefficient (Wildman–Crippen LogP) is 2.47. The molecule has 0 radical (unpaired) electrons. The van der Waals surface area contributed by atoms with Gasteiger partial charge in [0, 0.05) is 18.7 Å². The van der Waals surface area contributed by atoms with Crippen LogP contribution in [0.25, 0.3) is 0 Å². The Morgan fingerprint density at radius 1 is 1.14 bits per heavy atom. The van der Waals surface area contributed by atoms with E-state index in [9.17, 15) is 17.6 Å². The average molecular weight is 405 g/mol. The number of hydrogen-bond acceptors (Lipinski definition) is 4. The number of hydrogen-bond donors (Lipinski definition) is 1. The van der Waals surface area contributed by atoms with Gasteiger partial charge >= 0.3 is 0 Å². The number of carbonyl (C=O) groups is 1. The number of anilines is 1. The fourth-order valence-electron chi connectivity index (χ4n) is 3.21. The Labute approximate surface area is 165 Å². The van der Waals surface area contributed by atoms with E-state index < -0.39 is 15.8 Å². The van der Waals surface area contributed by atoms with Crippen molar-refractivity contribution in [2.24, 2.45) is 0 Å². The molecule has 1 N–H and O–H groups in total. The van der Waals surface area contributed by atoms with Crippen LogP contribution in [0.5, 0.6) is 0 Å². The number of piperidine rings is 1. The van der Waals surface area contributed by atoms with E-state index in [1.54, 1.807) is 12.1 Å². The minimum absolute atomic E-state index is 0.0521. The quantitative estimate of drug-likeness (QED) is 0.830. The predicted molar refractivity (Wildman–Crippen MR) is 106 cm³/mol. The van der Waals surface area contributed by atoms with Gasteiger partial charge in [-0.15, -0.1) is 0 Å². The first kappa shape index (κ1) is 20.3. The lowest BCUT2D eigenvalue weighted by atomic mass is 10.0. The Bertz CT molecular complexity index is 957. The molecule has 1 fully saturated rings. The molecule has 0 bridgehead atoms. The van der Waals surface area contributed by atoms with Crippen LogP contribution in [0.2, 0.25) is 0 Å². The number of benzene rings is 2. The van der Waals surface area contributed by atoms with Crippen LogP contribution >= 0.6 is 0 Å². The third kappa shape index (κ3) is 4.34. The molecule has 2 aromatic carbocycles. The van der Waals surface area contributed by atoms with Gasteiger partial charge in [0.05, 0.1) is 10.6 Å². The van der Waals surface area contributed by atoms with Gasteiger partial charge in [0.25, 0.3) is 15.9 Å². The van der Waals surface area contributed by atoms with E-state index in [0.29, 0.717) is 0 Å². The highest BCUT2D eigenvalue weighted by atomic mass is 32.2. The van der Waals surface area contributed by atoms with Crippen molar-refractivity contribution in [1.82, 2.24) is 10.2 Å². The zero-order chi connectivity index (χ0) is 20.3. The third-order valence-electron chi connectivity index (χ3n) is 5.00. The summed E-state index contributed by atoms with van der Waals surface area (Å²) in [6, 6.07) is 11.6. The van der Waals surface area contributed by atoms with Crippen LogP contribution < -0.4 is 9.62 Å². The maximum absolute atomic E-state index is 14.0. The molecule has 0 atom stereocenters. The molecular formula is C20H24FN3O3S. The van der Waals surface area contributed by atoms with Crippen LogP contribution in [-0.4, -0.2) is 52.5 Å². The van der Waals surface area contributed by atoms with Crippen LogP contribution in [0.3, 0.4) is 0 Å². The Kier molecular flexibility index (Phi) is 6.00. The maximum atomic E-state index is 14.0. The van der Waals surface area contributed by atoms with Crippen molar-refractivity contribution in [3.8, 4) is 0 Å². The summed E-state index contributed by atoms with van der Waals surface area (Å²) in [5.41, 5.74) is 0.214. The van der Waals surface area contributed by atoms with Crippen LogP contribution in [0, 0.1) is 5.82 Å². The van der Waals surface area contributed by atoms with Crippen molar-refractivity contribution in [2.75, 3.05) is 31.5 Å². The molecule has 1 aliphatic heterocycles. The number of sulfonamides is 1. The number of halogens is 1. The third-order valence-corrected chi connectivity index (χ3v) is 6.77. The summed E-state index contributed by atoms with van der Waals surface area (Å²) in [4.78, 5) is 14.7. The number of nitrogens with one attached hydrogen (secondary N) is 1. The topological polar surface area (TPSA) is 69.7 Å². The molecule has 0 spiro atoms. The second kappa shape index (κ2) is 8.28. The zero-order valence-electron chi connectivity index (χ0n) is 15.9. The molecule has 150 valence electrons. The number of rotatable bonds is 5. The van der Waals surface area contributed by atoms with Crippen molar-refractivity contribution in [3.05, 3.63) is 59.9 Å². The molecule has 0 saturated carbocycles. The minimum Gasteiger partial charge on any atom is -0.349 e. The number of nitrogens with zero attached hydrogens (tertiary/aromatic N) is 2. The molecule has 6 nitrogen and oxygen atoms in total. The lowest BCUT2D eigenvalue weighted by Crippen LogP contribution is -2.43. The molecular weight excluding hydrogens is 381 g/mol. The van der Waals surface area contributed by atoms with E-state index >= 15 is 0 Å². The molecule has 2 aromatic rings. The van der Waals surface area contributed by atoms with E-state index in [-0.39, 0.29) is 28.1 Å². The van der Waals surface area contributed by atoms with Crippen LogP contribution in [0.4, 0.5) is 10.1 Å². The first-order valence-corrected chi connectivity index (χ1v) is 10.6. The van der Waals surface area contributed by atoms with E-state index in [4.69, 9.17) is 0 Å². The SMILES string of the molecule is CN1CCC(NC(=O)c2cccc(S(=O)(=O)N(C)c3ccccc3F)c2)CC1. The summed E-state index contributed by atoms with van der Waals surface area (Å²) in [5, 5.41) is 2.97. The molecule has 8 heteroatoms. The largest absolute Gasteiger partial charge is 0.349 e. The van der Waals surface area contributed by atoms with E-state index in [0.717, 1.165) is 30.2 Å². The molecule has 0 unspecified atom stereocenters. The van der Waals surface area contributed by atoms with Crippen molar-refractivity contribution in [3.63, 3.8) is 0 Å². The Hall–Kier alpha value is -2.45. The lowest BCUT2D eigenvalue weighted by Gasteiger charge is -2.29. The van der Waals surface area contributed by atoms with E-state index in [1.165, 1.54) is 43.4 Å². The van der Waals surface area contributed by atoms with E-state index in [2.05, 4.69) is 10.2 Å². The minimum atomic E-state index is -4.00. The molecule has 3 rings (SSSR count). The number of amides is 1. The van der Waals surface area contributed by atoms with Crippen LogP contribution in [0.15, 0.2) is 53.4 Å². The fourth-order valence-corrected chi connectivity index (χ4v) is 4.46. The highest BCUT2D eigenvalue weighted by Gasteiger charge is 2.25. The summed E-state index contributed by atoms with van der Waals surface area (Å²) >= 11 is 0. The molecule has 0 aromatic heterocycles. The van der Waals surface area contributed by atoms with Crippen molar-refractivity contribution >= 4 is 21.6 Å². The summed E-state index contributed by atoms with van der Waals surface area (Å²) in [6.45, 7) is 1.82. The van der Waals surface area contributed by atoms with Crippen molar-refractivity contribution < 1.29 is 17.6 Å². The summed E-state index contributed by atoms with van der Waals surface area (Å²) in [6.07, 6.45) is 1.71. The number of para-hydroxylation sites is 1. The smallest absolute Gasteiger partial charge is 0.264 e. The zero-order valence-corrected chi connectivity index (χ0v) is 16.7. The molecule has 1 heterocycles. The second-order valence-electron chi connectivity index (χ2n) is 7.00. The van der Waals surface area contributed by atoms with Crippen molar-refractivity contribution in [1.29, 1.82) is 0 Å². The number of likely N-dealkylation sites (tertiary alicyclic amines) is 1. The second-order valence-corrected chi connectivity index (χ2v) is 8.97. The fraction of sp³-hybridized carbons (Fsp3) is 0.350. The van der Waals surface area contributed by atoms with Gasteiger partial charge in [0.2, 0.25) is 0 Å². The van der Waals surface area contributed by atoms with Crippen LogP contribution in [-0.2, 0) is 10.0 Å². The Morgan fingerprint density at radius 3 is 2.50 bits per heavy atom. The highest BCUT2D eigenvalue weighted by molar-refractivity contribution is 7.92. The standard InChI is InChI=1S/C20H24FN3O3S/c1-23-12-10-16(11-13-23)22-20(25)15-6-5-7-17(14-15)28(26,27)24(2)19-9-4-3-8-18(19)21/h3-9,14,16H,10-13H2,1-2H3,(H,22,25). The molecule has 28 heavy (non-hydrogen) atoms. The normalized spacial score (nSPS) is 16.0. The lowest BCUT2D eigenvalue weighted by molar-refractivity contribution is 0.0916. The van der Waals surface area contributed by atoms with Gasteiger partial charge in [-0.05, 0) is 63.3 Å². The Balaban J connectivity index is 1.80. The first-order chi connectivity index (χ1) is 13.3. The average Bonchev–Trinajstić information content (AvgIpc) is 2.69. The summed E-state index contributed by atoms with van der Waals surface area (Å²) in [7, 11) is -0.673. The number of carbonyl (C=O) groups excluding carboxylic acids is 1. The van der Waals surface area contributed by atoms with Gasteiger partial charge in [0.15, 0.2) is 0 Å². The van der Waals surface area contributed by atoms with Gasteiger partial charge in [-0.1, -0.05) is 18.2 Å². The highest BCUT2D eigenvalue weighted by Crippen LogP contribution is 2.25. The van der Waals surface area contributed by atoms with Crippen LogP contribution in [0.1, 0.15) is 23.2 Å². The van der Waals surface area contributed by atoms with Gasteiger partial charge < -0.3 is 10.2 Å². The maximum Gasteiger partial charge on any atom is 0.264 e. The van der Waals surface area contributed by atoms with Gasteiger partial charge in [-0.3, -0.25) is 9.10 Å². The van der Waals surface area contributed by atoms with Gasteiger partial charge in [-0.25, -0.2) is 12.8 Å². The molecule has 0 aliphatic carbocycles. The molecule has 1 aliphatic rings. The molecule has 1 amide bonds. The Morgan fingerprint density at radius 2 is 1.82 bits per heavy atom. The first-order valence-electron chi connectivity index (χ1n) is 9.12.